The summed E-state index contributed by atoms with van der Waals surface area (Å²) in [5.74, 6) is 0.902. The van der Waals surface area contributed by atoms with E-state index in [0.29, 0.717) is 0 Å². The van der Waals surface area contributed by atoms with E-state index in [9.17, 15) is 4.79 Å². The topological polar surface area (TPSA) is 35.6 Å². The molecule has 2 rings (SSSR count). The highest BCUT2D eigenvalue weighted by atomic mass is 16.1. The first-order chi connectivity index (χ1) is 10.6. The van der Waals surface area contributed by atoms with Gasteiger partial charge in [0.1, 0.15) is 0 Å². The maximum Gasteiger partial charge on any atom is 0.251 e. The Labute approximate surface area is 134 Å². The lowest BCUT2D eigenvalue weighted by atomic mass is 9.99. The number of hydrogen-bond donors (Lipinski definition) is 1. The molecule has 1 aromatic rings. The predicted molar refractivity (Wildman–Crippen MR) is 92.6 cm³/mol. The van der Waals surface area contributed by atoms with Crippen molar-refractivity contribution < 1.29 is 4.79 Å². The molecule has 0 saturated carbocycles. The van der Waals surface area contributed by atoms with E-state index >= 15 is 0 Å². The predicted octanol–water partition coefficient (Wildman–Crippen LogP) is 2.60. The zero-order chi connectivity index (χ0) is 15.9. The van der Waals surface area contributed by atoms with Crippen molar-refractivity contribution in [2.45, 2.75) is 26.2 Å². The molecule has 1 fully saturated rings. The number of hydrogen-bond acceptors (Lipinski definition) is 3. The quantitative estimate of drug-likeness (QED) is 0.821. The van der Waals surface area contributed by atoms with Crippen molar-refractivity contribution in [1.82, 2.24) is 10.2 Å². The van der Waals surface area contributed by atoms with E-state index in [4.69, 9.17) is 0 Å². The molecular formula is C18H29N3O. The van der Waals surface area contributed by atoms with Crippen LogP contribution in [0.25, 0.3) is 0 Å². The van der Waals surface area contributed by atoms with Crippen molar-refractivity contribution in [3.8, 4) is 0 Å². The van der Waals surface area contributed by atoms with Crippen LogP contribution >= 0.6 is 0 Å². The molecule has 1 saturated heterocycles. The van der Waals surface area contributed by atoms with Gasteiger partial charge in [-0.05, 0) is 69.1 Å². The van der Waals surface area contributed by atoms with Crippen LogP contribution in [0.5, 0.6) is 0 Å². The molecular weight excluding hydrogens is 274 g/mol. The van der Waals surface area contributed by atoms with Crippen LogP contribution in [0.15, 0.2) is 24.3 Å². The standard InChI is InChI=1S/C18H29N3O/c1-15-9-13-21(14-10-15)12-4-11-19-18(22)16-5-7-17(8-6-16)20(2)3/h5-8,15H,4,9-14H2,1-3H3,(H,19,22). The van der Waals surface area contributed by atoms with Crippen LogP contribution in [0.2, 0.25) is 0 Å². The Morgan fingerprint density at radius 1 is 1.23 bits per heavy atom. The molecule has 1 aromatic carbocycles. The van der Waals surface area contributed by atoms with E-state index in [0.717, 1.165) is 36.7 Å². The zero-order valence-corrected chi connectivity index (χ0v) is 14.1. The lowest BCUT2D eigenvalue weighted by molar-refractivity contribution is 0.0950. The number of carbonyl (C=O) groups excluding carboxylic acids is 1. The Balaban J connectivity index is 1.67. The van der Waals surface area contributed by atoms with Gasteiger partial charge in [-0.3, -0.25) is 4.79 Å². The lowest BCUT2D eigenvalue weighted by Crippen LogP contribution is -2.35. The lowest BCUT2D eigenvalue weighted by Gasteiger charge is -2.30. The summed E-state index contributed by atoms with van der Waals surface area (Å²) >= 11 is 0. The Bertz CT molecular complexity index is 462. The molecule has 0 radical (unpaired) electrons. The van der Waals surface area contributed by atoms with Gasteiger partial charge in [-0.1, -0.05) is 6.92 Å². The largest absolute Gasteiger partial charge is 0.378 e. The molecule has 0 unspecified atom stereocenters. The van der Waals surface area contributed by atoms with E-state index in [2.05, 4.69) is 17.1 Å². The molecule has 22 heavy (non-hydrogen) atoms. The Hall–Kier alpha value is -1.55. The van der Waals surface area contributed by atoms with Gasteiger partial charge in [-0.15, -0.1) is 0 Å². The van der Waals surface area contributed by atoms with Crippen LogP contribution in [0.3, 0.4) is 0 Å². The van der Waals surface area contributed by atoms with Gasteiger partial charge in [0.2, 0.25) is 0 Å². The molecule has 0 spiro atoms. The third-order valence-corrected chi connectivity index (χ3v) is 4.46. The van der Waals surface area contributed by atoms with Crippen LogP contribution in [0.1, 0.15) is 36.5 Å². The number of likely N-dealkylation sites (tertiary alicyclic amines) is 1. The molecule has 1 aliphatic rings. The van der Waals surface area contributed by atoms with Crippen molar-refractivity contribution in [2.24, 2.45) is 5.92 Å². The number of amides is 1. The van der Waals surface area contributed by atoms with E-state index in [-0.39, 0.29) is 5.91 Å². The van der Waals surface area contributed by atoms with Gasteiger partial charge >= 0.3 is 0 Å². The van der Waals surface area contributed by atoms with Crippen LogP contribution in [0, 0.1) is 5.92 Å². The number of nitrogens with one attached hydrogen (secondary N) is 1. The first kappa shape index (κ1) is 16.8. The molecule has 0 atom stereocenters. The number of piperidine rings is 1. The summed E-state index contributed by atoms with van der Waals surface area (Å²) in [5, 5.41) is 3.02. The smallest absolute Gasteiger partial charge is 0.251 e. The Morgan fingerprint density at radius 2 is 1.86 bits per heavy atom. The number of anilines is 1. The molecule has 4 heteroatoms. The van der Waals surface area contributed by atoms with Gasteiger partial charge < -0.3 is 15.1 Å². The highest BCUT2D eigenvalue weighted by Gasteiger charge is 2.14. The average Bonchev–Trinajstić information content (AvgIpc) is 2.53. The second kappa shape index (κ2) is 8.18. The van der Waals surface area contributed by atoms with Gasteiger partial charge in [0.15, 0.2) is 0 Å². The monoisotopic (exact) mass is 303 g/mol. The Morgan fingerprint density at radius 3 is 2.45 bits per heavy atom. The van der Waals surface area contributed by atoms with Crippen LogP contribution in [0.4, 0.5) is 5.69 Å². The SMILES string of the molecule is CC1CCN(CCCNC(=O)c2ccc(N(C)C)cc2)CC1. The number of nitrogens with zero attached hydrogens (tertiary/aromatic N) is 2. The molecule has 0 bridgehead atoms. The molecule has 1 N–H and O–H groups in total. The van der Waals surface area contributed by atoms with Gasteiger partial charge in [0, 0.05) is 31.9 Å². The maximum atomic E-state index is 12.1. The van der Waals surface area contributed by atoms with Crippen LogP contribution in [-0.2, 0) is 0 Å². The molecule has 0 aromatic heterocycles. The first-order valence-corrected chi connectivity index (χ1v) is 8.34. The van der Waals surface area contributed by atoms with Gasteiger partial charge in [-0.2, -0.15) is 0 Å². The van der Waals surface area contributed by atoms with Crippen molar-refractivity contribution in [3.05, 3.63) is 29.8 Å². The van der Waals surface area contributed by atoms with Crippen molar-refractivity contribution in [1.29, 1.82) is 0 Å². The van der Waals surface area contributed by atoms with Gasteiger partial charge in [0.05, 0.1) is 0 Å². The van der Waals surface area contributed by atoms with Crippen molar-refractivity contribution >= 4 is 11.6 Å². The summed E-state index contributed by atoms with van der Waals surface area (Å²) in [6.07, 6.45) is 3.64. The zero-order valence-electron chi connectivity index (χ0n) is 14.1. The minimum atomic E-state index is 0.0255. The van der Waals surface area contributed by atoms with Gasteiger partial charge in [0.25, 0.3) is 5.91 Å². The number of carbonyl (C=O) groups is 1. The molecule has 4 nitrogen and oxygen atoms in total. The molecule has 1 aliphatic heterocycles. The molecule has 1 heterocycles. The van der Waals surface area contributed by atoms with Crippen molar-refractivity contribution in [2.75, 3.05) is 45.2 Å². The third-order valence-electron chi connectivity index (χ3n) is 4.46. The summed E-state index contributed by atoms with van der Waals surface area (Å²) in [6, 6.07) is 7.72. The fourth-order valence-corrected chi connectivity index (χ4v) is 2.80. The second-order valence-electron chi connectivity index (χ2n) is 6.57. The number of benzene rings is 1. The highest BCUT2D eigenvalue weighted by Crippen LogP contribution is 2.15. The summed E-state index contributed by atoms with van der Waals surface area (Å²) in [4.78, 5) is 16.6. The van der Waals surface area contributed by atoms with E-state index < -0.39 is 0 Å². The molecule has 0 aliphatic carbocycles. The van der Waals surface area contributed by atoms with Gasteiger partial charge in [-0.25, -0.2) is 0 Å². The van der Waals surface area contributed by atoms with E-state index in [1.54, 1.807) is 0 Å². The normalized spacial score (nSPS) is 16.5. The highest BCUT2D eigenvalue weighted by molar-refractivity contribution is 5.94. The Kier molecular flexibility index (Phi) is 6.25. The summed E-state index contributed by atoms with van der Waals surface area (Å²) < 4.78 is 0. The minimum Gasteiger partial charge on any atom is -0.378 e. The maximum absolute atomic E-state index is 12.1. The van der Waals surface area contributed by atoms with E-state index in [1.807, 2.05) is 43.3 Å². The van der Waals surface area contributed by atoms with Crippen molar-refractivity contribution in [3.63, 3.8) is 0 Å². The molecule has 122 valence electrons. The first-order valence-electron chi connectivity index (χ1n) is 8.34. The average molecular weight is 303 g/mol. The summed E-state index contributed by atoms with van der Waals surface area (Å²) in [6.45, 7) is 6.59. The molecule has 1 amide bonds. The number of rotatable bonds is 6. The third kappa shape index (κ3) is 5.02. The van der Waals surface area contributed by atoms with E-state index in [1.165, 1.54) is 25.9 Å². The summed E-state index contributed by atoms with van der Waals surface area (Å²) in [7, 11) is 3.99. The second-order valence-corrected chi connectivity index (χ2v) is 6.57. The van der Waals surface area contributed by atoms with Crippen LogP contribution in [-0.4, -0.2) is 51.1 Å². The fourth-order valence-electron chi connectivity index (χ4n) is 2.80. The van der Waals surface area contributed by atoms with Crippen LogP contribution < -0.4 is 10.2 Å². The minimum absolute atomic E-state index is 0.0255. The fraction of sp³-hybridized carbons (Fsp3) is 0.611. The summed E-state index contributed by atoms with van der Waals surface area (Å²) in [5.41, 5.74) is 1.84.